The average Bonchev–Trinajstić information content (AvgIpc) is 3.20. The summed E-state index contributed by atoms with van der Waals surface area (Å²) < 4.78 is 3.83. The second-order valence-electron chi connectivity index (χ2n) is 6.33. The maximum atomic E-state index is 12.0. The molecule has 0 aromatic carbocycles. The zero-order valence-electron chi connectivity index (χ0n) is 13.6. The summed E-state index contributed by atoms with van der Waals surface area (Å²) in [5.41, 5.74) is 1.20. The van der Waals surface area contributed by atoms with E-state index >= 15 is 0 Å². The van der Waals surface area contributed by atoms with Gasteiger partial charge in [0.05, 0.1) is 12.2 Å². The van der Waals surface area contributed by atoms with Crippen LogP contribution >= 0.6 is 0 Å². The van der Waals surface area contributed by atoms with Crippen LogP contribution in [0.15, 0.2) is 25.0 Å². The Morgan fingerprint density at radius 2 is 2.13 bits per heavy atom. The molecule has 0 bridgehead atoms. The first-order valence-electron chi connectivity index (χ1n) is 8.33. The fourth-order valence-corrected chi connectivity index (χ4v) is 3.17. The number of nitrogens with one attached hydrogen (secondary N) is 1. The number of rotatable bonds is 6. The predicted molar refractivity (Wildman–Crippen MR) is 85.7 cm³/mol. The van der Waals surface area contributed by atoms with Crippen molar-refractivity contribution in [3.63, 3.8) is 0 Å². The van der Waals surface area contributed by atoms with Gasteiger partial charge in [-0.2, -0.15) is 10.2 Å². The number of carbonyl (C=O) groups is 1. The van der Waals surface area contributed by atoms with Crippen LogP contribution in [0.25, 0.3) is 0 Å². The fourth-order valence-electron chi connectivity index (χ4n) is 3.17. The van der Waals surface area contributed by atoms with E-state index in [-0.39, 0.29) is 5.91 Å². The molecule has 0 spiro atoms. The Morgan fingerprint density at radius 3 is 2.78 bits per heavy atom. The van der Waals surface area contributed by atoms with Gasteiger partial charge in [0.1, 0.15) is 12.7 Å². The van der Waals surface area contributed by atoms with E-state index in [1.54, 1.807) is 11.0 Å². The summed E-state index contributed by atoms with van der Waals surface area (Å²) in [7, 11) is 0. The van der Waals surface area contributed by atoms with Crippen molar-refractivity contribution in [3.05, 3.63) is 30.6 Å². The molecule has 3 rings (SSSR count). The topological polar surface area (TPSA) is 77.6 Å². The lowest BCUT2D eigenvalue weighted by atomic mass is 9.91. The van der Waals surface area contributed by atoms with Gasteiger partial charge in [0.2, 0.25) is 5.91 Å². The van der Waals surface area contributed by atoms with Crippen LogP contribution in [-0.2, 0) is 11.3 Å². The number of amides is 1. The summed E-state index contributed by atoms with van der Waals surface area (Å²) in [5.74, 6) is 0.142. The molecular formula is C16H24N6O. The fraction of sp³-hybridized carbons (Fsp3) is 0.625. The first-order chi connectivity index (χ1) is 11.2. The highest BCUT2D eigenvalue weighted by atomic mass is 16.1. The highest BCUT2D eigenvalue weighted by Crippen LogP contribution is 2.28. The molecule has 7 nitrogen and oxygen atoms in total. The van der Waals surface area contributed by atoms with Crippen LogP contribution in [-0.4, -0.2) is 36.5 Å². The third-order valence-electron chi connectivity index (χ3n) is 4.42. The maximum Gasteiger partial charge on any atom is 0.220 e. The largest absolute Gasteiger partial charge is 0.353 e. The van der Waals surface area contributed by atoms with Crippen LogP contribution < -0.4 is 5.32 Å². The van der Waals surface area contributed by atoms with E-state index in [4.69, 9.17) is 0 Å². The Morgan fingerprint density at radius 1 is 1.30 bits per heavy atom. The van der Waals surface area contributed by atoms with E-state index in [1.807, 2.05) is 6.20 Å². The Balaban J connectivity index is 1.35. The van der Waals surface area contributed by atoms with Gasteiger partial charge in [0.25, 0.3) is 0 Å². The molecule has 1 amide bonds. The molecule has 1 aliphatic carbocycles. The SMILES string of the molecule is Cc1cnn(C2CCC(NC(=O)CCCn3cncn3)CC2)c1. The highest BCUT2D eigenvalue weighted by Gasteiger charge is 2.23. The Kier molecular flexibility index (Phi) is 5.05. The van der Waals surface area contributed by atoms with Crippen molar-refractivity contribution >= 4 is 5.91 Å². The lowest BCUT2D eigenvalue weighted by Crippen LogP contribution is -2.38. The van der Waals surface area contributed by atoms with Crippen LogP contribution in [0.1, 0.15) is 50.1 Å². The minimum absolute atomic E-state index is 0.142. The van der Waals surface area contributed by atoms with Gasteiger partial charge in [-0.05, 0) is 44.6 Å². The summed E-state index contributed by atoms with van der Waals surface area (Å²) in [6.07, 6.45) is 12.7. The molecule has 0 atom stereocenters. The quantitative estimate of drug-likeness (QED) is 0.882. The molecule has 1 fully saturated rings. The molecular weight excluding hydrogens is 292 g/mol. The number of aromatic nitrogens is 5. The molecule has 124 valence electrons. The second-order valence-corrected chi connectivity index (χ2v) is 6.33. The van der Waals surface area contributed by atoms with E-state index in [9.17, 15) is 4.79 Å². The van der Waals surface area contributed by atoms with Crippen LogP contribution in [0.3, 0.4) is 0 Å². The molecule has 2 aromatic rings. The van der Waals surface area contributed by atoms with Gasteiger partial charge < -0.3 is 5.32 Å². The van der Waals surface area contributed by atoms with Gasteiger partial charge in [-0.3, -0.25) is 14.2 Å². The molecule has 0 unspecified atom stereocenters. The van der Waals surface area contributed by atoms with Crippen molar-refractivity contribution in [3.8, 4) is 0 Å². The minimum atomic E-state index is 0.142. The van der Waals surface area contributed by atoms with Gasteiger partial charge >= 0.3 is 0 Å². The van der Waals surface area contributed by atoms with Gasteiger partial charge in [0.15, 0.2) is 0 Å². The molecule has 23 heavy (non-hydrogen) atoms. The Bertz CT molecular complexity index is 612. The van der Waals surface area contributed by atoms with Crippen molar-refractivity contribution in [1.29, 1.82) is 0 Å². The second kappa shape index (κ2) is 7.39. The number of hydrogen-bond acceptors (Lipinski definition) is 4. The van der Waals surface area contributed by atoms with E-state index in [1.165, 1.54) is 11.9 Å². The molecule has 2 aromatic heterocycles. The van der Waals surface area contributed by atoms with Gasteiger partial charge in [-0.1, -0.05) is 0 Å². The number of aryl methyl sites for hydroxylation is 2. The number of nitrogens with zero attached hydrogens (tertiary/aromatic N) is 5. The van der Waals surface area contributed by atoms with Crippen molar-refractivity contribution < 1.29 is 4.79 Å². The number of hydrogen-bond donors (Lipinski definition) is 1. The van der Waals surface area contributed by atoms with E-state index < -0.39 is 0 Å². The van der Waals surface area contributed by atoms with E-state index in [0.29, 0.717) is 18.5 Å². The maximum absolute atomic E-state index is 12.0. The van der Waals surface area contributed by atoms with Crippen LogP contribution in [0.2, 0.25) is 0 Å². The first kappa shape index (κ1) is 15.7. The smallest absolute Gasteiger partial charge is 0.220 e. The zero-order valence-corrected chi connectivity index (χ0v) is 13.6. The van der Waals surface area contributed by atoms with E-state index in [2.05, 4.69) is 38.3 Å². The van der Waals surface area contributed by atoms with Crippen LogP contribution in [0.4, 0.5) is 0 Å². The van der Waals surface area contributed by atoms with Gasteiger partial charge in [0, 0.05) is 25.2 Å². The normalized spacial score (nSPS) is 21.3. The predicted octanol–water partition coefficient (Wildman–Crippen LogP) is 1.86. The minimum Gasteiger partial charge on any atom is -0.353 e. The van der Waals surface area contributed by atoms with Crippen molar-refractivity contribution in [1.82, 2.24) is 29.9 Å². The summed E-state index contributed by atoms with van der Waals surface area (Å²) in [6.45, 7) is 2.80. The molecule has 1 N–H and O–H groups in total. The van der Waals surface area contributed by atoms with Crippen molar-refractivity contribution in [2.45, 2.75) is 64.1 Å². The van der Waals surface area contributed by atoms with Crippen LogP contribution in [0, 0.1) is 6.92 Å². The highest BCUT2D eigenvalue weighted by molar-refractivity contribution is 5.76. The summed E-state index contributed by atoms with van der Waals surface area (Å²) in [6, 6.07) is 0.783. The van der Waals surface area contributed by atoms with Gasteiger partial charge in [-0.15, -0.1) is 0 Å². The third kappa shape index (κ3) is 4.40. The summed E-state index contributed by atoms with van der Waals surface area (Å²) in [4.78, 5) is 15.9. The first-order valence-corrected chi connectivity index (χ1v) is 8.33. The third-order valence-corrected chi connectivity index (χ3v) is 4.42. The molecule has 2 heterocycles. The summed E-state index contributed by atoms with van der Waals surface area (Å²) >= 11 is 0. The zero-order chi connectivity index (χ0) is 16.1. The lowest BCUT2D eigenvalue weighted by molar-refractivity contribution is -0.122. The van der Waals surface area contributed by atoms with Gasteiger partial charge in [-0.25, -0.2) is 4.98 Å². The molecule has 1 saturated carbocycles. The molecule has 1 aliphatic rings. The summed E-state index contributed by atoms with van der Waals surface area (Å²) in [5, 5.41) is 11.6. The molecule has 7 heteroatoms. The number of carbonyl (C=O) groups excluding carboxylic acids is 1. The average molecular weight is 316 g/mol. The molecule has 0 aliphatic heterocycles. The standard InChI is InChI=1S/C16H24N6O/c1-13-9-18-22(10-13)15-6-4-14(5-7-15)20-16(23)3-2-8-21-12-17-11-19-21/h9-12,14-15H,2-8H2,1H3,(H,20,23). The van der Waals surface area contributed by atoms with Crippen molar-refractivity contribution in [2.24, 2.45) is 0 Å². The van der Waals surface area contributed by atoms with E-state index in [0.717, 1.165) is 38.6 Å². The lowest BCUT2D eigenvalue weighted by Gasteiger charge is -2.29. The molecule has 0 saturated heterocycles. The van der Waals surface area contributed by atoms with Crippen molar-refractivity contribution in [2.75, 3.05) is 0 Å². The monoisotopic (exact) mass is 316 g/mol. The molecule has 0 radical (unpaired) electrons. The Hall–Kier alpha value is -2.18. The Labute approximate surface area is 136 Å². The van der Waals surface area contributed by atoms with Crippen LogP contribution in [0.5, 0.6) is 0 Å².